The van der Waals surface area contributed by atoms with Gasteiger partial charge in [0.05, 0.1) is 30.2 Å². The Morgan fingerprint density at radius 3 is 2.65 bits per heavy atom. The summed E-state index contributed by atoms with van der Waals surface area (Å²) in [6, 6.07) is 3.48. The number of aliphatic carboxylic acids is 1. The molecule has 2 heterocycles. The number of carboxylic acid groups (broad SMARTS) is 1. The molecular formula is C16H23N3O6S. The zero-order valence-electron chi connectivity index (χ0n) is 15.0. The molecule has 144 valence electrons. The van der Waals surface area contributed by atoms with Crippen molar-refractivity contribution in [2.75, 3.05) is 39.0 Å². The maximum absolute atomic E-state index is 12.7. The number of ether oxygens (including phenoxy) is 1. The van der Waals surface area contributed by atoms with E-state index in [1.165, 1.54) is 0 Å². The van der Waals surface area contributed by atoms with Crippen LogP contribution in [0.1, 0.15) is 21.7 Å². The first-order chi connectivity index (χ1) is 12.1. The van der Waals surface area contributed by atoms with Crippen LogP contribution < -0.4 is 0 Å². The number of morpholine rings is 1. The van der Waals surface area contributed by atoms with Gasteiger partial charge in [0.25, 0.3) is 5.91 Å². The zero-order valence-corrected chi connectivity index (χ0v) is 15.8. The second kappa shape index (κ2) is 8.11. The van der Waals surface area contributed by atoms with Gasteiger partial charge < -0.3 is 14.7 Å². The largest absolute Gasteiger partial charge is 0.480 e. The van der Waals surface area contributed by atoms with E-state index in [0.717, 1.165) is 16.3 Å². The Hall–Kier alpha value is -2.04. The molecule has 1 aliphatic rings. The lowest BCUT2D eigenvalue weighted by Gasteiger charge is -2.35. The van der Waals surface area contributed by atoms with Crippen LogP contribution in [0.15, 0.2) is 12.1 Å². The molecule has 10 heteroatoms. The highest BCUT2D eigenvalue weighted by Crippen LogP contribution is 2.15. The number of hydrogen-bond acceptors (Lipinski definition) is 6. The summed E-state index contributed by atoms with van der Waals surface area (Å²) in [6.07, 6.45) is 0.351. The van der Waals surface area contributed by atoms with Gasteiger partial charge in [0.15, 0.2) is 0 Å². The molecule has 0 radical (unpaired) electrons. The number of aryl methyl sites for hydroxylation is 2. The second-order valence-electron chi connectivity index (χ2n) is 6.28. The van der Waals surface area contributed by atoms with Gasteiger partial charge in [0.2, 0.25) is 10.0 Å². The first kappa shape index (κ1) is 20.3. The molecule has 9 nitrogen and oxygen atoms in total. The van der Waals surface area contributed by atoms with E-state index in [-0.39, 0.29) is 25.6 Å². The Kier molecular flexibility index (Phi) is 6.32. The van der Waals surface area contributed by atoms with E-state index in [0.29, 0.717) is 17.8 Å². The molecule has 0 saturated carbocycles. The number of rotatable bonds is 6. The van der Waals surface area contributed by atoms with Gasteiger partial charge in [-0.25, -0.2) is 8.42 Å². The third kappa shape index (κ3) is 5.23. The molecule has 1 aromatic heterocycles. The van der Waals surface area contributed by atoms with Crippen LogP contribution >= 0.6 is 0 Å². The lowest BCUT2D eigenvalue weighted by atomic mass is 10.1. The van der Waals surface area contributed by atoms with Gasteiger partial charge in [0.1, 0.15) is 6.54 Å². The molecule has 26 heavy (non-hydrogen) atoms. The SMILES string of the molecule is Cc1ccc(C(=O)N2CCOC(CN(CC(=O)O)S(C)(=O)=O)C2)c(C)n1. The average Bonchev–Trinajstić information content (AvgIpc) is 2.53. The lowest BCUT2D eigenvalue weighted by molar-refractivity contribution is -0.137. The molecule has 1 aromatic rings. The molecule has 1 aliphatic heterocycles. The van der Waals surface area contributed by atoms with Crippen molar-refractivity contribution in [1.82, 2.24) is 14.2 Å². The van der Waals surface area contributed by atoms with Crippen LogP contribution in [-0.2, 0) is 19.6 Å². The summed E-state index contributed by atoms with van der Waals surface area (Å²) < 4.78 is 29.9. The third-order valence-electron chi connectivity index (χ3n) is 4.07. The van der Waals surface area contributed by atoms with Crippen LogP contribution in [0.25, 0.3) is 0 Å². The van der Waals surface area contributed by atoms with E-state index in [2.05, 4.69) is 4.98 Å². The van der Waals surface area contributed by atoms with Crippen LogP contribution in [-0.4, -0.2) is 84.7 Å². The van der Waals surface area contributed by atoms with Crippen molar-refractivity contribution in [3.8, 4) is 0 Å². The summed E-state index contributed by atoms with van der Waals surface area (Å²) in [5.74, 6) is -1.45. The number of nitrogens with zero attached hydrogens (tertiary/aromatic N) is 3. The highest BCUT2D eigenvalue weighted by atomic mass is 32.2. The Labute approximate surface area is 152 Å². The predicted octanol–water partition coefficient (Wildman–Crippen LogP) is -0.114. The van der Waals surface area contributed by atoms with Gasteiger partial charge in [-0.1, -0.05) is 0 Å². The predicted molar refractivity (Wildman–Crippen MR) is 93.4 cm³/mol. The summed E-state index contributed by atoms with van der Waals surface area (Å²) >= 11 is 0. The molecule has 1 fully saturated rings. The van der Waals surface area contributed by atoms with Gasteiger partial charge >= 0.3 is 5.97 Å². The minimum Gasteiger partial charge on any atom is -0.480 e. The van der Waals surface area contributed by atoms with Crippen LogP contribution in [0, 0.1) is 13.8 Å². The first-order valence-corrected chi connectivity index (χ1v) is 9.95. The fourth-order valence-electron chi connectivity index (χ4n) is 2.79. The number of carbonyl (C=O) groups excluding carboxylic acids is 1. The Balaban J connectivity index is 2.10. The highest BCUT2D eigenvalue weighted by molar-refractivity contribution is 7.88. The number of pyridine rings is 1. The number of carboxylic acids is 1. The number of amides is 1. The van der Waals surface area contributed by atoms with Gasteiger partial charge in [0, 0.05) is 25.3 Å². The average molecular weight is 385 g/mol. The highest BCUT2D eigenvalue weighted by Gasteiger charge is 2.30. The van der Waals surface area contributed by atoms with Crippen molar-refractivity contribution in [3.63, 3.8) is 0 Å². The standard InChI is InChI=1S/C16H23N3O6S/c1-11-4-5-14(12(2)17-11)16(22)18-6-7-25-13(8-18)9-19(10-15(20)21)26(3,23)24/h4-5,13H,6-10H2,1-3H3,(H,20,21). The first-order valence-electron chi connectivity index (χ1n) is 8.10. The minimum absolute atomic E-state index is 0.125. The maximum atomic E-state index is 12.7. The van der Waals surface area contributed by atoms with Crippen LogP contribution in [0.4, 0.5) is 0 Å². The van der Waals surface area contributed by atoms with Gasteiger partial charge in [-0.3, -0.25) is 14.6 Å². The van der Waals surface area contributed by atoms with E-state index < -0.39 is 28.6 Å². The van der Waals surface area contributed by atoms with Gasteiger partial charge in [-0.2, -0.15) is 4.31 Å². The molecule has 0 aliphatic carbocycles. The Bertz CT molecular complexity index is 795. The minimum atomic E-state index is -3.70. The second-order valence-corrected chi connectivity index (χ2v) is 8.26. The number of aromatic nitrogens is 1. The molecule has 0 bridgehead atoms. The Morgan fingerprint density at radius 1 is 1.38 bits per heavy atom. The Morgan fingerprint density at radius 2 is 2.08 bits per heavy atom. The van der Waals surface area contributed by atoms with Crippen molar-refractivity contribution >= 4 is 21.9 Å². The number of carbonyl (C=O) groups is 2. The van der Waals surface area contributed by atoms with E-state index in [1.807, 2.05) is 6.92 Å². The lowest BCUT2D eigenvalue weighted by Crippen LogP contribution is -2.51. The maximum Gasteiger partial charge on any atom is 0.318 e. The fraction of sp³-hybridized carbons (Fsp3) is 0.562. The summed E-state index contributed by atoms with van der Waals surface area (Å²) in [4.78, 5) is 29.5. The zero-order chi connectivity index (χ0) is 19.5. The molecule has 2 rings (SSSR count). The number of hydrogen-bond donors (Lipinski definition) is 1. The van der Waals surface area contributed by atoms with E-state index in [4.69, 9.17) is 9.84 Å². The summed E-state index contributed by atoms with van der Waals surface area (Å²) in [6.45, 7) is 3.63. The van der Waals surface area contributed by atoms with Crippen molar-refractivity contribution in [2.24, 2.45) is 0 Å². The van der Waals surface area contributed by atoms with Crippen molar-refractivity contribution < 1.29 is 27.9 Å². The van der Waals surface area contributed by atoms with E-state index >= 15 is 0 Å². The van der Waals surface area contributed by atoms with Crippen LogP contribution in [0.2, 0.25) is 0 Å². The molecule has 1 atom stereocenters. The molecule has 1 N–H and O–H groups in total. The van der Waals surface area contributed by atoms with Gasteiger partial charge in [-0.15, -0.1) is 0 Å². The molecule has 1 saturated heterocycles. The van der Waals surface area contributed by atoms with Crippen molar-refractivity contribution in [2.45, 2.75) is 20.0 Å². The number of sulfonamides is 1. The third-order valence-corrected chi connectivity index (χ3v) is 5.29. The summed E-state index contributed by atoms with van der Waals surface area (Å²) in [5.41, 5.74) is 1.93. The normalized spacial score (nSPS) is 18.2. The molecule has 1 amide bonds. The molecule has 1 unspecified atom stereocenters. The summed E-state index contributed by atoms with van der Waals surface area (Å²) in [7, 11) is -3.70. The molecule has 0 spiro atoms. The monoisotopic (exact) mass is 385 g/mol. The topological polar surface area (TPSA) is 117 Å². The van der Waals surface area contributed by atoms with Crippen molar-refractivity contribution in [1.29, 1.82) is 0 Å². The van der Waals surface area contributed by atoms with Gasteiger partial charge in [-0.05, 0) is 26.0 Å². The van der Waals surface area contributed by atoms with Crippen LogP contribution in [0.3, 0.4) is 0 Å². The van der Waals surface area contributed by atoms with E-state index in [1.54, 1.807) is 24.0 Å². The van der Waals surface area contributed by atoms with E-state index in [9.17, 15) is 18.0 Å². The fourth-order valence-corrected chi connectivity index (χ4v) is 3.57. The smallest absolute Gasteiger partial charge is 0.318 e. The molecule has 0 aromatic carbocycles. The molecular weight excluding hydrogens is 362 g/mol. The summed E-state index contributed by atoms with van der Waals surface area (Å²) in [5, 5.41) is 8.90. The van der Waals surface area contributed by atoms with Crippen LogP contribution in [0.5, 0.6) is 0 Å². The van der Waals surface area contributed by atoms with Crippen molar-refractivity contribution in [3.05, 3.63) is 29.1 Å². The quantitative estimate of drug-likeness (QED) is 0.726.